The fourth-order valence-corrected chi connectivity index (χ4v) is 2.66. The first-order valence-corrected chi connectivity index (χ1v) is 7.74. The number of thioether (sulfide) groups is 1. The Labute approximate surface area is 139 Å². The highest BCUT2D eigenvalue weighted by molar-refractivity contribution is 7.99. The molecule has 0 amide bonds. The molecule has 2 rings (SSSR count). The highest BCUT2D eigenvalue weighted by atomic mass is 32.2. The minimum absolute atomic E-state index is 0.0653. The van der Waals surface area contributed by atoms with E-state index in [1.165, 1.54) is 37.3 Å². The highest BCUT2D eigenvalue weighted by Gasteiger charge is 2.27. The first-order valence-electron chi connectivity index (χ1n) is 6.75. The van der Waals surface area contributed by atoms with Crippen molar-refractivity contribution < 1.29 is 22.0 Å². The number of rotatable bonds is 4. The highest BCUT2D eigenvalue weighted by Crippen LogP contribution is 2.33. The molecular weight excluding hydrogens is 347 g/mol. The maximum absolute atomic E-state index is 14.0. The van der Waals surface area contributed by atoms with Gasteiger partial charge in [0, 0.05) is 10.5 Å². The molecule has 0 saturated carbocycles. The number of hydrogen-bond donors (Lipinski definition) is 1. The van der Waals surface area contributed by atoms with Crippen LogP contribution in [0.2, 0.25) is 0 Å². The van der Waals surface area contributed by atoms with E-state index in [1.807, 2.05) is 0 Å². The summed E-state index contributed by atoms with van der Waals surface area (Å²) in [6, 6.07) is 7.42. The summed E-state index contributed by atoms with van der Waals surface area (Å²) in [4.78, 5) is 4.17. The van der Waals surface area contributed by atoms with Crippen LogP contribution in [-0.4, -0.2) is 17.8 Å². The van der Waals surface area contributed by atoms with Gasteiger partial charge in [-0.3, -0.25) is 0 Å². The molecule has 0 unspecified atom stereocenters. The van der Waals surface area contributed by atoms with Gasteiger partial charge < -0.3 is 5.73 Å². The lowest BCUT2D eigenvalue weighted by molar-refractivity contribution is -0.105. The van der Waals surface area contributed by atoms with Crippen LogP contribution in [0.4, 0.5) is 27.6 Å². The van der Waals surface area contributed by atoms with E-state index in [0.29, 0.717) is 22.9 Å². The molecule has 0 aromatic heterocycles. The minimum Gasteiger partial charge on any atom is -0.383 e. The average Bonchev–Trinajstić information content (AvgIpc) is 2.48. The fraction of sp³-hybridized carbons (Fsp3) is 0.188. The van der Waals surface area contributed by atoms with Crippen LogP contribution < -0.4 is 5.73 Å². The lowest BCUT2D eigenvalue weighted by Crippen LogP contribution is -2.13. The van der Waals surface area contributed by atoms with Crippen LogP contribution in [0, 0.1) is 18.6 Å². The molecule has 0 spiro atoms. The molecule has 2 aromatic rings. The molecule has 128 valence electrons. The molecule has 24 heavy (non-hydrogen) atoms. The van der Waals surface area contributed by atoms with E-state index in [2.05, 4.69) is 4.99 Å². The second-order valence-electron chi connectivity index (χ2n) is 4.98. The summed E-state index contributed by atoms with van der Waals surface area (Å²) in [5.74, 6) is -2.31. The van der Waals surface area contributed by atoms with E-state index in [9.17, 15) is 22.0 Å². The van der Waals surface area contributed by atoms with Crippen molar-refractivity contribution >= 4 is 23.3 Å². The predicted octanol–water partition coefficient (Wildman–Crippen LogP) is 4.96. The minimum atomic E-state index is -4.33. The molecule has 2 aromatic carbocycles. The van der Waals surface area contributed by atoms with Gasteiger partial charge in [-0.25, -0.2) is 13.8 Å². The predicted molar refractivity (Wildman–Crippen MR) is 84.7 cm³/mol. The summed E-state index contributed by atoms with van der Waals surface area (Å²) in [6.45, 7) is 1.51. The second-order valence-corrected chi connectivity index (χ2v) is 5.99. The van der Waals surface area contributed by atoms with Crippen LogP contribution >= 0.6 is 11.8 Å². The van der Waals surface area contributed by atoms with E-state index in [0.717, 1.165) is 6.07 Å². The van der Waals surface area contributed by atoms with Gasteiger partial charge in [0.15, 0.2) is 0 Å². The van der Waals surface area contributed by atoms with Gasteiger partial charge in [0.1, 0.15) is 23.2 Å². The third-order valence-corrected chi connectivity index (χ3v) is 4.24. The van der Waals surface area contributed by atoms with Gasteiger partial charge >= 0.3 is 6.18 Å². The number of hydrogen-bond acceptors (Lipinski definition) is 2. The third kappa shape index (κ3) is 4.95. The molecular formula is C16H13F5N2S. The molecule has 0 atom stereocenters. The van der Waals surface area contributed by atoms with Gasteiger partial charge in [-0.1, -0.05) is 0 Å². The summed E-state index contributed by atoms with van der Waals surface area (Å²) in [6.07, 6.45) is -4.33. The quantitative estimate of drug-likeness (QED) is 0.362. The monoisotopic (exact) mass is 360 g/mol. The zero-order valence-corrected chi connectivity index (χ0v) is 13.3. The van der Waals surface area contributed by atoms with E-state index < -0.39 is 23.6 Å². The van der Waals surface area contributed by atoms with E-state index in [4.69, 9.17) is 5.73 Å². The summed E-state index contributed by atoms with van der Waals surface area (Å²) in [5.41, 5.74) is 6.33. The van der Waals surface area contributed by atoms with Crippen LogP contribution in [0.1, 0.15) is 11.1 Å². The number of halogens is 5. The molecule has 0 aliphatic heterocycles. The van der Waals surface area contributed by atoms with Crippen LogP contribution in [0.25, 0.3) is 0 Å². The Hall–Kier alpha value is -2.09. The number of nitrogens with two attached hydrogens (primary N) is 1. The summed E-state index contributed by atoms with van der Waals surface area (Å²) in [7, 11) is 0. The first kappa shape index (κ1) is 18.3. The van der Waals surface area contributed by atoms with Crippen molar-refractivity contribution in [3.8, 4) is 0 Å². The van der Waals surface area contributed by atoms with E-state index in [-0.39, 0.29) is 16.4 Å². The lowest BCUT2D eigenvalue weighted by Gasteiger charge is -2.10. The van der Waals surface area contributed by atoms with Crippen molar-refractivity contribution in [2.75, 3.05) is 5.75 Å². The Bertz CT molecular complexity index is 754. The van der Waals surface area contributed by atoms with Crippen LogP contribution in [0.5, 0.6) is 0 Å². The first-order chi connectivity index (χ1) is 11.2. The Morgan fingerprint density at radius 3 is 2.33 bits per heavy atom. The zero-order chi connectivity index (χ0) is 17.9. The maximum atomic E-state index is 14.0. The average molecular weight is 360 g/mol. The number of aliphatic imine (C=N–C) groups is 1. The molecule has 0 fully saturated rings. The molecule has 0 bridgehead atoms. The Balaban J connectivity index is 2.32. The number of amidine groups is 1. The van der Waals surface area contributed by atoms with Gasteiger partial charge in [-0.05, 0) is 48.9 Å². The van der Waals surface area contributed by atoms with Crippen LogP contribution in [0.3, 0.4) is 0 Å². The summed E-state index contributed by atoms with van der Waals surface area (Å²) >= 11 is 0.550. The lowest BCUT2D eigenvalue weighted by atomic mass is 10.2. The molecule has 0 aliphatic rings. The fourth-order valence-electron chi connectivity index (χ4n) is 1.86. The Morgan fingerprint density at radius 1 is 1.12 bits per heavy atom. The standard InChI is InChI=1S/C16H13F5N2S/c1-9-6-12(18)13(7-14(9)24-8-16(19,20)21)23-15(22)10-2-4-11(17)5-3-10/h2-7H,8H2,1H3,(H2,22,23). The molecule has 0 radical (unpaired) electrons. The number of aryl methyl sites for hydroxylation is 1. The molecule has 2 nitrogen and oxygen atoms in total. The number of benzene rings is 2. The summed E-state index contributed by atoms with van der Waals surface area (Å²) < 4.78 is 63.9. The smallest absolute Gasteiger partial charge is 0.383 e. The molecule has 0 heterocycles. The number of nitrogens with zero attached hydrogens (tertiary/aromatic N) is 1. The Morgan fingerprint density at radius 2 is 1.75 bits per heavy atom. The number of alkyl halides is 3. The zero-order valence-electron chi connectivity index (χ0n) is 12.5. The van der Waals surface area contributed by atoms with Crippen LogP contribution in [-0.2, 0) is 0 Å². The van der Waals surface area contributed by atoms with Crippen molar-refractivity contribution in [1.82, 2.24) is 0 Å². The van der Waals surface area contributed by atoms with Crippen molar-refractivity contribution in [1.29, 1.82) is 0 Å². The van der Waals surface area contributed by atoms with Crippen molar-refractivity contribution in [3.05, 3.63) is 59.2 Å². The maximum Gasteiger partial charge on any atom is 0.398 e. The molecule has 2 N–H and O–H groups in total. The van der Waals surface area contributed by atoms with Crippen LogP contribution in [0.15, 0.2) is 46.3 Å². The topological polar surface area (TPSA) is 38.4 Å². The van der Waals surface area contributed by atoms with Crippen molar-refractivity contribution in [2.24, 2.45) is 10.7 Å². The van der Waals surface area contributed by atoms with Gasteiger partial charge in [0.2, 0.25) is 0 Å². The van der Waals surface area contributed by atoms with Gasteiger partial charge in [-0.15, -0.1) is 11.8 Å². The largest absolute Gasteiger partial charge is 0.398 e. The van der Waals surface area contributed by atoms with E-state index >= 15 is 0 Å². The SMILES string of the molecule is Cc1cc(F)c(/N=C(/N)c2ccc(F)cc2)cc1SCC(F)(F)F. The molecule has 0 aliphatic carbocycles. The van der Waals surface area contributed by atoms with Gasteiger partial charge in [0.25, 0.3) is 0 Å². The summed E-state index contributed by atoms with van der Waals surface area (Å²) in [5, 5.41) is 0. The van der Waals surface area contributed by atoms with Gasteiger partial charge in [-0.2, -0.15) is 13.2 Å². The second kappa shape index (κ2) is 7.21. The molecule has 8 heteroatoms. The third-order valence-electron chi connectivity index (χ3n) is 3.02. The van der Waals surface area contributed by atoms with Crippen molar-refractivity contribution in [2.45, 2.75) is 18.0 Å². The molecule has 0 saturated heterocycles. The van der Waals surface area contributed by atoms with E-state index in [1.54, 1.807) is 0 Å². The van der Waals surface area contributed by atoms with Crippen molar-refractivity contribution in [3.63, 3.8) is 0 Å². The normalized spacial score (nSPS) is 12.5. The Kier molecular flexibility index (Phi) is 5.48. The van der Waals surface area contributed by atoms with Gasteiger partial charge in [0.05, 0.1) is 5.75 Å².